The van der Waals surface area contributed by atoms with Crippen molar-refractivity contribution >= 4 is 11.3 Å². The van der Waals surface area contributed by atoms with Gasteiger partial charge >= 0.3 is 0 Å². The molecule has 5 nitrogen and oxygen atoms in total. The lowest BCUT2D eigenvalue weighted by atomic mass is 10.1. The van der Waals surface area contributed by atoms with Gasteiger partial charge in [-0.25, -0.2) is 13.8 Å². The van der Waals surface area contributed by atoms with Gasteiger partial charge in [0.1, 0.15) is 18.0 Å². The smallest absolute Gasteiger partial charge is 0.172 e. The fraction of sp³-hybridized carbons (Fsp3) is 0. The molecular formula is C11H7F2N5. The predicted molar refractivity (Wildman–Crippen MR) is 60.5 cm³/mol. The molecule has 7 heteroatoms. The first kappa shape index (κ1) is 10.6. The number of benzene rings is 1. The number of fused-ring (bicyclic) bond motifs is 1. The molecular weight excluding hydrogens is 240 g/mol. The number of nitrogens with two attached hydrogens (primary N) is 1. The number of rotatable bonds is 1. The highest BCUT2D eigenvalue weighted by Crippen LogP contribution is 2.25. The highest BCUT2D eigenvalue weighted by Gasteiger charge is 2.15. The molecule has 0 saturated heterocycles. The molecule has 0 fully saturated rings. The largest absolute Gasteiger partial charge is 0.396 e. The number of aromatic nitrogens is 4. The Bertz CT molecular complexity index is 737. The molecule has 18 heavy (non-hydrogen) atoms. The third-order valence-electron chi connectivity index (χ3n) is 2.54. The van der Waals surface area contributed by atoms with Crippen LogP contribution in [0.25, 0.3) is 17.0 Å². The number of nitrogens with zero attached hydrogens (tertiary/aromatic N) is 4. The van der Waals surface area contributed by atoms with Gasteiger partial charge < -0.3 is 5.73 Å². The maximum Gasteiger partial charge on any atom is 0.172 e. The van der Waals surface area contributed by atoms with Crippen LogP contribution in [0.4, 0.5) is 14.5 Å². The van der Waals surface area contributed by atoms with E-state index in [9.17, 15) is 8.78 Å². The summed E-state index contributed by atoms with van der Waals surface area (Å²) in [4.78, 5) is 3.90. The number of hydrogen-bond acceptors (Lipinski definition) is 4. The molecule has 2 heterocycles. The first-order chi connectivity index (χ1) is 8.66. The van der Waals surface area contributed by atoms with Gasteiger partial charge in [0.25, 0.3) is 0 Å². The summed E-state index contributed by atoms with van der Waals surface area (Å²) in [6.07, 6.45) is 2.99. The maximum absolute atomic E-state index is 13.7. The quantitative estimate of drug-likeness (QED) is 0.664. The maximum atomic E-state index is 13.7. The van der Waals surface area contributed by atoms with E-state index in [1.165, 1.54) is 16.8 Å². The van der Waals surface area contributed by atoms with Gasteiger partial charge in [-0.05, 0) is 6.07 Å². The van der Waals surface area contributed by atoms with Crippen LogP contribution in [0.5, 0.6) is 0 Å². The summed E-state index contributed by atoms with van der Waals surface area (Å²) >= 11 is 0. The Morgan fingerprint density at radius 2 is 1.94 bits per heavy atom. The van der Waals surface area contributed by atoms with Gasteiger partial charge in [0.05, 0.1) is 11.3 Å². The minimum atomic E-state index is -0.803. The van der Waals surface area contributed by atoms with Crippen LogP contribution in [0, 0.1) is 11.6 Å². The molecule has 1 aromatic carbocycles. The van der Waals surface area contributed by atoms with Crippen molar-refractivity contribution in [3.63, 3.8) is 0 Å². The lowest BCUT2D eigenvalue weighted by Crippen LogP contribution is -1.97. The minimum Gasteiger partial charge on any atom is -0.396 e. The highest BCUT2D eigenvalue weighted by atomic mass is 19.1. The van der Waals surface area contributed by atoms with Crippen LogP contribution in [0.2, 0.25) is 0 Å². The third-order valence-corrected chi connectivity index (χ3v) is 2.54. The fourth-order valence-corrected chi connectivity index (χ4v) is 1.67. The van der Waals surface area contributed by atoms with Crippen molar-refractivity contribution in [2.45, 2.75) is 0 Å². The van der Waals surface area contributed by atoms with Crippen molar-refractivity contribution in [1.82, 2.24) is 19.6 Å². The topological polar surface area (TPSA) is 69.1 Å². The van der Waals surface area contributed by atoms with E-state index in [1.54, 1.807) is 12.3 Å². The molecule has 0 bridgehead atoms. The van der Waals surface area contributed by atoms with Crippen LogP contribution in [0.15, 0.2) is 30.7 Å². The van der Waals surface area contributed by atoms with Gasteiger partial charge in [0.15, 0.2) is 11.5 Å². The van der Waals surface area contributed by atoms with Crippen molar-refractivity contribution in [2.75, 3.05) is 5.73 Å². The van der Waals surface area contributed by atoms with E-state index in [1.807, 2.05) is 0 Å². The van der Waals surface area contributed by atoms with Gasteiger partial charge in [-0.2, -0.15) is 0 Å². The summed E-state index contributed by atoms with van der Waals surface area (Å²) < 4.78 is 28.3. The fourth-order valence-electron chi connectivity index (χ4n) is 1.67. The first-order valence-electron chi connectivity index (χ1n) is 5.06. The Hall–Kier alpha value is -2.57. The lowest BCUT2D eigenvalue weighted by molar-refractivity contribution is 0.587. The number of anilines is 1. The molecule has 3 rings (SSSR count). The Morgan fingerprint density at radius 3 is 2.78 bits per heavy atom. The van der Waals surface area contributed by atoms with Gasteiger partial charge in [-0.1, -0.05) is 0 Å². The monoisotopic (exact) mass is 247 g/mol. The second kappa shape index (κ2) is 3.73. The molecule has 3 aromatic rings. The van der Waals surface area contributed by atoms with Gasteiger partial charge in [-0.3, -0.25) is 4.40 Å². The van der Waals surface area contributed by atoms with E-state index in [0.717, 1.165) is 6.07 Å². The Balaban J connectivity index is 2.29. The molecule has 0 aliphatic carbocycles. The number of nitrogen functional groups attached to an aromatic ring is 1. The highest BCUT2D eigenvalue weighted by molar-refractivity contribution is 5.64. The first-order valence-corrected chi connectivity index (χ1v) is 5.06. The summed E-state index contributed by atoms with van der Waals surface area (Å²) in [6, 6.07) is 3.54. The van der Waals surface area contributed by atoms with E-state index < -0.39 is 11.6 Å². The Morgan fingerprint density at radius 1 is 1.11 bits per heavy atom. The van der Waals surface area contributed by atoms with Crippen LogP contribution in [-0.2, 0) is 0 Å². The normalized spacial score (nSPS) is 11.0. The molecule has 0 radical (unpaired) electrons. The molecule has 90 valence electrons. The van der Waals surface area contributed by atoms with Crippen LogP contribution in [-0.4, -0.2) is 19.6 Å². The minimum absolute atomic E-state index is 0.0781. The van der Waals surface area contributed by atoms with Crippen molar-refractivity contribution in [1.29, 1.82) is 0 Å². The van der Waals surface area contributed by atoms with E-state index in [4.69, 9.17) is 5.73 Å². The van der Waals surface area contributed by atoms with E-state index in [-0.39, 0.29) is 17.1 Å². The summed E-state index contributed by atoms with van der Waals surface area (Å²) in [5.74, 6) is -1.33. The second-order valence-corrected chi connectivity index (χ2v) is 3.69. The molecule has 2 aromatic heterocycles. The van der Waals surface area contributed by atoms with Crippen LogP contribution in [0.3, 0.4) is 0 Å². The Labute approximate surface area is 99.9 Å². The lowest BCUT2D eigenvalue weighted by Gasteiger charge is -2.03. The summed E-state index contributed by atoms with van der Waals surface area (Å²) in [5.41, 5.74) is 5.87. The van der Waals surface area contributed by atoms with Crippen molar-refractivity contribution in [2.24, 2.45) is 0 Å². The molecule has 2 N–H and O–H groups in total. The zero-order chi connectivity index (χ0) is 12.7. The van der Waals surface area contributed by atoms with E-state index in [0.29, 0.717) is 5.65 Å². The third kappa shape index (κ3) is 1.48. The molecule has 0 unspecified atom stereocenters. The van der Waals surface area contributed by atoms with Gasteiger partial charge in [-0.15, -0.1) is 10.2 Å². The zero-order valence-electron chi connectivity index (χ0n) is 9.01. The van der Waals surface area contributed by atoms with Gasteiger partial charge in [0.2, 0.25) is 0 Å². The standard InChI is InChI=1S/C11H7F2N5/c12-7-4-8(13)9(14)3-6(7)11-17-16-10-1-2-15-5-18(10)11/h1-5H,14H2. The van der Waals surface area contributed by atoms with Crippen molar-refractivity contribution < 1.29 is 8.78 Å². The van der Waals surface area contributed by atoms with Crippen LogP contribution >= 0.6 is 0 Å². The van der Waals surface area contributed by atoms with E-state index >= 15 is 0 Å². The zero-order valence-corrected chi connectivity index (χ0v) is 9.01. The number of halogens is 2. The van der Waals surface area contributed by atoms with Crippen LogP contribution < -0.4 is 5.73 Å². The molecule has 0 aliphatic heterocycles. The number of hydrogen-bond donors (Lipinski definition) is 1. The average molecular weight is 247 g/mol. The molecule has 0 atom stereocenters. The predicted octanol–water partition coefficient (Wildman–Crippen LogP) is 1.65. The average Bonchev–Trinajstić information content (AvgIpc) is 2.78. The van der Waals surface area contributed by atoms with Crippen molar-refractivity contribution in [3.8, 4) is 11.4 Å². The van der Waals surface area contributed by atoms with Crippen LogP contribution in [0.1, 0.15) is 0 Å². The van der Waals surface area contributed by atoms with Gasteiger partial charge in [0, 0.05) is 18.3 Å². The second-order valence-electron chi connectivity index (χ2n) is 3.69. The summed E-state index contributed by atoms with van der Waals surface area (Å²) in [6.45, 7) is 0. The van der Waals surface area contributed by atoms with Crippen molar-refractivity contribution in [3.05, 3.63) is 42.4 Å². The molecule has 0 aliphatic rings. The molecule has 0 amide bonds. The molecule has 0 spiro atoms. The Kier molecular flexibility index (Phi) is 2.19. The summed E-state index contributed by atoms with van der Waals surface area (Å²) in [7, 11) is 0. The SMILES string of the molecule is Nc1cc(-c2nnc3ccncn23)c(F)cc1F. The van der Waals surface area contributed by atoms with E-state index in [2.05, 4.69) is 15.2 Å². The summed E-state index contributed by atoms with van der Waals surface area (Å²) in [5, 5.41) is 7.71. The molecule has 0 saturated carbocycles.